The van der Waals surface area contributed by atoms with E-state index in [1.54, 1.807) is 0 Å². The smallest absolute Gasteiger partial charge is 0.400 e. The summed E-state index contributed by atoms with van der Waals surface area (Å²) < 4.78 is 144. The van der Waals surface area contributed by atoms with Crippen LogP contribution in [-0.4, -0.2) is 137 Å². The molecule has 4 aromatic rings. The van der Waals surface area contributed by atoms with Crippen molar-refractivity contribution in [2.24, 2.45) is 68.0 Å². The molecule has 0 bridgehead atoms. The molecular weight excluding hydrogens is 1180 g/mol. The van der Waals surface area contributed by atoms with Crippen molar-refractivity contribution in [3.8, 4) is 0 Å². The van der Waals surface area contributed by atoms with Gasteiger partial charge in [0.1, 0.15) is 22.8 Å². The van der Waals surface area contributed by atoms with E-state index in [4.69, 9.17) is 19.3 Å². The highest BCUT2D eigenvalue weighted by atomic mass is 32.2. The van der Waals surface area contributed by atoms with Crippen molar-refractivity contribution in [3.05, 3.63) is 117 Å². The van der Waals surface area contributed by atoms with E-state index in [0.717, 1.165) is 25.7 Å². The van der Waals surface area contributed by atoms with Gasteiger partial charge in [0.05, 0.1) is 19.6 Å². The van der Waals surface area contributed by atoms with Crippen LogP contribution in [0.1, 0.15) is 126 Å². The Hall–Kier alpha value is -5.45. The summed E-state index contributed by atoms with van der Waals surface area (Å²) in [4.78, 5) is 9.91. The molecule has 0 radical (unpaired) electrons. The number of benzene rings is 4. The van der Waals surface area contributed by atoms with E-state index < -0.39 is 48.3 Å². The molecule has 23 nitrogen and oxygen atoms in total. The van der Waals surface area contributed by atoms with Crippen molar-refractivity contribution in [2.75, 3.05) is 52.4 Å². The number of oxime groups is 4. The third-order valence-electron chi connectivity index (χ3n) is 16.6. The summed E-state index contributed by atoms with van der Waals surface area (Å²) in [7, 11) is -20.6. The summed E-state index contributed by atoms with van der Waals surface area (Å²) >= 11 is 0. The molecule has 6 aliphatic rings. The van der Waals surface area contributed by atoms with E-state index >= 15 is 0 Å². The molecule has 2 N–H and O–H groups in total. The molecule has 454 valence electrons. The molecule has 0 aromatic heterocycles. The first kappa shape index (κ1) is 61.6. The largest absolute Gasteiger partial charge is 0.410 e. The van der Waals surface area contributed by atoms with Gasteiger partial charge in [-0.3, -0.25) is 4.57 Å². The highest BCUT2D eigenvalue weighted by Crippen LogP contribution is 2.39. The van der Waals surface area contributed by atoms with Gasteiger partial charge >= 0.3 is 8.25 Å². The van der Waals surface area contributed by atoms with Crippen LogP contribution in [0, 0.1) is 47.3 Å². The highest BCUT2D eigenvalue weighted by Gasteiger charge is 2.40. The monoisotopic (exact) mass is 1250 g/mol. The lowest BCUT2D eigenvalue weighted by Gasteiger charge is -2.34. The lowest BCUT2D eigenvalue weighted by atomic mass is 9.83. The van der Waals surface area contributed by atoms with Gasteiger partial charge in [-0.05, 0) is 132 Å². The minimum atomic E-state index is -4.15. The van der Waals surface area contributed by atoms with Gasteiger partial charge < -0.3 is 10.4 Å². The Balaban J connectivity index is 1.00. The maximum Gasteiger partial charge on any atom is 0.400 e. The van der Waals surface area contributed by atoms with E-state index in [9.17, 15) is 48.7 Å². The van der Waals surface area contributed by atoms with Crippen LogP contribution in [0.25, 0.3) is 0 Å². The van der Waals surface area contributed by atoms with Crippen LogP contribution in [0.15, 0.2) is 113 Å². The second-order valence-corrected chi connectivity index (χ2v) is 32.8. The van der Waals surface area contributed by atoms with Crippen LogP contribution >= 0.6 is 8.25 Å². The molecule has 8 atom stereocenters. The molecular formula is C56H71N8O15PS4. The van der Waals surface area contributed by atoms with Crippen molar-refractivity contribution in [1.29, 1.82) is 0 Å². The zero-order valence-corrected chi connectivity index (χ0v) is 52.2. The fraction of sp³-hybridized carbons (Fsp3) is 0.500. The third kappa shape index (κ3) is 12.0. The van der Waals surface area contributed by atoms with Crippen LogP contribution in [-0.2, 0) is 64.0 Å². The molecule has 84 heavy (non-hydrogen) atoms. The van der Waals surface area contributed by atoms with Crippen LogP contribution < -0.4 is 0 Å². The van der Waals surface area contributed by atoms with Crippen LogP contribution in [0.2, 0.25) is 0 Å². The van der Waals surface area contributed by atoms with Crippen LogP contribution in [0.5, 0.6) is 0 Å². The lowest BCUT2D eigenvalue weighted by Crippen LogP contribution is -2.42. The summed E-state index contributed by atoms with van der Waals surface area (Å²) in [5.74, 6) is 0.570. The Morgan fingerprint density at radius 2 is 0.583 bits per heavy atom. The maximum absolute atomic E-state index is 14.4. The first-order valence-corrected chi connectivity index (χ1v) is 35.1. The average Bonchev–Trinajstić information content (AvgIpc) is 2.31. The number of fused-ring (bicyclic) bond motifs is 4. The number of hydrogen-bond acceptors (Lipinski definition) is 19. The van der Waals surface area contributed by atoms with Gasteiger partial charge in [-0.25, -0.2) is 43.6 Å². The normalized spacial score (nSPS) is 26.0. The summed E-state index contributed by atoms with van der Waals surface area (Å²) in [5, 5.41) is 36.5. The molecule has 0 amide bonds. The molecule has 4 aromatic carbocycles. The maximum atomic E-state index is 14.4. The van der Waals surface area contributed by atoms with Gasteiger partial charge in [0.2, 0.25) is 40.1 Å². The molecule has 4 fully saturated rings. The molecule has 4 aliphatic heterocycles. The topological polar surface area (TPSA) is 293 Å². The molecule has 0 saturated carbocycles. The standard InChI is InChI=1S/C56H71N8O15PS4/c1-33-17-34(2)26-61(25-33)81(68,69)41-9-13-45-49(21-41)55(50-22-42(10-14-46(50)53(45)57-65)82(70,71)62-27-35(3)18-36(4)28-62)59-76-78-80(67)79-77-60-56-51-23-43(83(72,73)63-29-37(5)19-38(6)30-63)11-15-47(51)54(58-66)48-16-12-44(24-52(48)56)84(74,75)64-31-39(7)20-40(8)32-64/h9-16,21-24,33-40,65-66,80H,17-20,25-32H2,1-8H3/t33-,34+,35-,36+,37-,38+,39-,40+. The minimum Gasteiger partial charge on any atom is -0.410 e. The Labute approximate surface area is 492 Å². The molecule has 0 spiro atoms. The van der Waals surface area contributed by atoms with Crippen molar-refractivity contribution >= 4 is 71.2 Å². The fourth-order valence-electron chi connectivity index (χ4n) is 13.3. The predicted octanol–water partition coefficient (Wildman–Crippen LogP) is 7.92. The zero-order chi connectivity index (χ0) is 60.4. The quantitative estimate of drug-likeness (QED) is 0.0453. The van der Waals surface area contributed by atoms with Crippen molar-refractivity contribution < 1.29 is 68.0 Å². The SMILES string of the molecule is C[C@@H]1C[C@H](C)CN(S(=O)(=O)c2ccc3c(c2)C(=NOO[PH](=O)OON=C2c4cc(S(=O)(=O)N5C[C@H](C)C[C@H](C)C5)ccc4C(=NO)c4ccc(S(=O)(=O)N5C[C@H](C)C[C@H](C)C5)cc42)c2cc(S(=O)(=O)N4C[C@H](C)C[C@H](C)C4)ccc2C3=NO)C1. The van der Waals surface area contributed by atoms with Gasteiger partial charge in [-0.15, -0.1) is 0 Å². The van der Waals surface area contributed by atoms with E-state index in [-0.39, 0.29) is 187 Å². The van der Waals surface area contributed by atoms with Crippen molar-refractivity contribution in [3.63, 3.8) is 0 Å². The number of sulfonamides is 4. The molecule has 0 unspecified atom stereocenters. The summed E-state index contributed by atoms with van der Waals surface area (Å²) in [5.41, 5.74) is 0.320. The highest BCUT2D eigenvalue weighted by molar-refractivity contribution is 7.90. The van der Waals surface area contributed by atoms with Crippen molar-refractivity contribution in [2.45, 2.75) is 101 Å². The van der Waals surface area contributed by atoms with Gasteiger partial charge in [-0.1, -0.05) is 99.3 Å². The second-order valence-electron chi connectivity index (χ2n) is 24.2. The average molecular weight is 1260 g/mol. The fourth-order valence-corrected chi connectivity index (χ4v) is 20.4. The summed E-state index contributed by atoms with van der Waals surface area (Å²) in [6.07, 6.45) is 3.34. The summed E-state index contributed by atoms with van der Waals surface area (Å²) in [6, 6.07) is 16.5. The predicted molar refractivity (Wildman–Crippen MR) is 312 cm³/mol. The van der Waals surface area contributed by atoms with E-state index in [1.807, 2.05) is 55.4 Å². The van der Waals surface area contributed by atoms with Gasteiger partial charge in [0, 0.05) is 96.9 Å². The van der Waals surface area contributed by atoms with Gasteiger partial charge in [0.25, 0.3) is 0 Å². The van der Waals surface area contributed by atoms with Gasteiger partial charge in [-0.2, -0.15) is 17.2 Å². The Morgan fingerprint density at radius 3 is 0.786 bits per heavy atom. The van der Waals surface area contributed by atoms with Crippen molar-refractivity contribution in [1.82, 2.24) is 17.2 Å². The minimum absolute atomic E-state index is 0.0212. The van der Waals surface area contributed by atoms with E-state index in [0.29, 0.717) is 0 Å². The number of nitrogens with zero attached hydrogens (tertiary/aromatic N) is 8. The van der Waals surface area contributed by atoms with Crippen LogP contribution in [0.3, 0.4) is 0 Å². The number of hydrogen-bond donors (Lipinski definition) is 2. The summed E-state index contributed by atoms with van der Waals surface area (Å²) in [6.45, 7) is 17.9. The Bertz CT molecular complexity index is 3370. The molecule has 28 heteroatoms. The first-order chi connectivity index (χ1) is 39.7. The lowest BCUT2D eigenvalue weighted by molar-refractivity contribution is -0.259. The van der Waals surface area contributed by atoms with E-state index in [1.165, 1.54) is 90.0 Å². The number of piperidine rings is 4. The Morgan fingerprint density at radius 1 is 0.369 bits per heavy atom. The molecule has 2 aliphatic carbocycles. The first-order valence-electron chi connectivity index (χ1n) is 28.1. The molecule has 10 rings (SSSR count). The van der Waals surface area contributed by atoms with Crippen LogP contribution in [0.4, 0.5) is 0 Å². The third-order valence-corrected chi connectivity index (χ3v) is 24.3. The van der Waals surface area contributed by atoms with Gasteiger partial charge in [0.15, 0.2) is 0 Å². The Kier molecular flexibility index (Phi) is 17.6. The molecule has 4 saturated heterocycles. The second kappa shape index (κ2) is 24.0. The number of rotatable bonds is 14. The van der Waals surface area contributed by atoms with E-state index in [2.05, 4.69) is 20.6 Å². The molecule has 4 heterocycles. The zero-order valence-electron chi connectivity index (χ0n) is 47.9.